The number of nitrogens with two attached hydrogens (primary N) is 2. The predicted molar refractivity (Wildman–Crippen MR) is 58.7 cm³/mol. The molecule has 0 aliphatic heterocycles. The molecule has 0 amide bonds. The standard InChI is InChI=1S/C10H12ClF3N2O/c11-7-5-6(8(16)3-4-15)1-2-9(7)17-10(12,13)14/h1-2,5,8H,3-4,15-16H2/t8-/m1/s1. The molecule has 0 saturated heterocycles. The van der Waals surface area contributed by atoms with Gasteiger partial charge in [0.15, 0.2) is 0 Å². The Kier molecular flexibility index (Phi) is 4.62. The van der Waals surface area contributed by atoms with E-state index in [4.69, 9.17) is 23.1 Å². The Morgan fingerprint density at radius 1 is 1.35 bits per heavy atom. The van der Waals surface area contributed by atoms with Crippen LogP contribution in [0.1, 0.15) is 18.0 Å². The minimum Gasteiger partial charge on any atom is -0.404 e. The molecule has 96 valence electrons. The molecule has 1 rings (SSSR count). The van der Waals surface area contributed by atoms with Crippen molar-refractivity contribution in [2.45, 2.75) is 18.8 Å². The average molecular weight is 269 g/mol. The van der Waals surface area contributed by atoms with Crippen molar-refractivity contribution < 1.29 is 17.9 Å². The molecule has 0 bridgehead atoms. The molecule has 1 aromatic carbocycles. The fraction of sp³-hybridized carbons (Fsp3) is 0.400. The van der Waals surface area contributed by atoms with E-state index in [2.05, 4.69) is 4.74 Å². The molecule has 4 N–H and O–H groups in total. The van der Waals surface area contributed by atoms with E-state index in [0.29, 0.717) is 18.5 Å². The van der Waals surface area contributed by atoms with E-state index in [1.807, 2.05) is 0 Å². The molecule has 0 aromatic heterocycles. The van der Waals surface area contributed by atoms with Crippen LogP contribution in [-0.4, -0.2) is 12.9 Å². The zero-order valence-corrected chi connectivity index (χ0v) is 9.55. The summed E-state index contributed by atoms with van der Waals surface area (Å²) < 4.78 is 39.7. The molecular weight excluding hydrogens is 257 g/mol. The van der Waals surface area contributed by atoms with E-state index >= 15 is 0 Å². The Morgan fingerprint density at radius 3 is 2.47 bits per heavy atom. The third-order valence-corrected chi connectivity index (χ3v) is 2.38. The maximum Gasteiger partial charge on any atom is 0.573 e. The Balaban J connectivity index is 2.86. The number of rotatable bonds is 4. The molecule has 0 aliphatic rings. The molecule has 0 aliphatic carbocycles. The lowest BCUT2D eigenvalue weighted by Gasteiger charge is -2.14. The van der Waals surface area contributed by atoms with Gasteiger partial charge < -0.3 is 16.2 Å². The van der Waals surface area contributed by atoms with Crippen LogP contribution in [0.5, 0.6) is 5.75 Å². The maximum atomic E-state index is 12.0. The van der Waals surface area contributed by atoms with Gasteiger partial charge in [0.1, 0.15) is 5.75 Å². The van der Waals surface area contributed by atoms with Crippen molar-refractivity contribution in [2.24, 2.45) is 11.5 Å². The molecular formula is C10H12ClF3N2O. The molecule has 0 spiro atoms. The molecule has 0 fully saturated rings. The molecule has 7 heteroatoms. The fourth-order valence-electron chi connectivity index (χ4n) is 1.30. The summed E-state index contributed by atoms with van der Waals surface area (Å²) in [6, 6.07) is 3.58. The number of halogens is 4. The van der Waals surface area contributed by atoms with Gasteiger partial charge >= 0.3 is 6.36 Å². The van der Waals surface area contributed by atoms with Crippen LogP contribution in [0, 0.1) is 0 Å². The summed E-state index contributed by atoms with van der Waals surface area (Å²) in [7, 11) is 0. The lowest BCUT2D eigenvalue weighted by Crippen LogP contribution is -2.18. The molecule has 1 atom stereocenters. The highest BCUT2D eigenvalue weighted by Gasteiger charge is 2.32. The van der Waals surface area contributed by atoms with Crippen LogP contribution in [-0.2, 0) is 0 Å². The van der Waals surface area contributed by atoms with Gasteiger partial charge in [0.2, 0.25) is 0 Å². The number of ether oxygens (including phenoxy) is 1. The lowest BCUT2D eigenvalue weighted by molar-refractivity contribution is -0.274. The van der Waals surface area contributed by atoms with Crippen molar-refractivity contribution >= 4 is 11.6 Å². The normalized spacial score (nSPS) is 13.5. The van der Waals surface area contributed by atoms with Crippen molar-refractivity contribution in [3.05, 3.63) is 28.8 Å². The summed E-state index contributed by atoms with van der Waals surface area (Å²) in [5, 5.41) is -0.132. The van der Waals surface area contributed by atoms with Gasteiger partial charge in [-0.2, -0.15) is 0 Å². The first-order chi connectivity index (χ1) is 7.83. The van der Waals surface area contributed by atoms with Crippen LogP contribution in [0.4, 0.5) is 13.2 Å². The number of benzene rings is 1. The van der Waals surface area contributed by atoms with E-state index in [1.165, 1.54) is 12.1 Å². The van der Waals surface area contributed by atoms with Gasteiger partial charge in [-0.15, -0.1) is 13.2 Å². The zero-order chi connectivity index (χ0) is 13.1. The minimum absolute atomic E-state index is 0.132. The van der Waals surface area contributed by atoms with Gasteiger partial charge in [0, 0.05) is 6.04 Å². The molecule has 0 heterocycles. The van der Waals surface area contributed by atoms with Gasteiger partial charge in [-0.1, -0.05) is 17.7 Å². The Labute approximate surface area is 101 Å². The number of hydrogen-bond acceptors (Lipinski definition) is 3. The maximum absolute atomic E-state index is 12.0. The molecule has 0 radical (unpaired) electrons. The number of alkyl halides is 3. The highest BCUT2D eigenvalue weighted by molar-refractivity contribution is 6.32. The van der Waals surface area contributed by atoms with Crippen LogP contribution < -0.4 is 16.2 Å². The summed E-state index contributed by atoms with van der Waals surface area (Å²) >= 11 is 5.67. The van der Waals surface area contributed by atoms with Crippen molar-refractivity contribution in [1.82, 2.24) is 0 Å². The average Bonchev–Trinajstić information content (AvgIpc) is 2.19. The molecule has 1 aromatic rings. The van der Waals surface area contributed by atoms with E-state index in [9.17, 15) is 13.2 Å². The first-order valence-electron chi connectivity index (χ1n) is 4.84. The largest absolute Gasteiger partial charge is 0.573 e. The summed E-state index contributed by atoms with van der Waals surface area (Å²) in [6.45, 7) is 0.388. The van der Waals surface area contributed by atoms with Gasteiger partial charge in [-0.05, 0) is 30.7 Å². The minimum atomic E-state index is -4.76. The summed E-state index contributed by atoms with van der Waals surface area (Å²) in [5.74, 6) is -0.442. The zero-order valence-electron chi connectivity index (χ0n) is 8.80. The van der Waals surface area contributed by atoms with E-state index in [-0.39, 0.29) is 11.1 Å². The SMILES string of the molecule is NCC[C@@H](N)c1ccc(OC(F)(F)F)c(Cl)c1. The Bertz CT molecular complexity index is 384. The molecule has 3 nitrogen and oxygen atoms in total. The van der Waals surface area contributed by atoms with Gasteiger partial charge in [-0.3, -0.25) is 0 Å². The van der Waals surface area contributed by atoms with Gasteiger partial charge in [0.25, 0.3) is 0 Å². The Hall–Kier alpha value is -0.980. The number of hydrogen-bond donors (Lipinski definition) is 2. The summed E-state index contributed by atoms with van der Waals surface area (Å²) in [6.07, 6.45) is -4.24. The van der Waals surface area contributed by atoms with Crippen LogP contribution in [0.2, 0.25) is 5.02 Å². The van der Waals surface area contributed by atoms with Crippen LogP contribution in [0.15, 0.2) is 18.2 Å². The highest BCUT2D eigenvalue weighted by atomic mass is 35.5. The van der Waals surface area contributed by atoms with Crippen LogP contribution in [0.3, 0.4) is 0 Å². The molecule has 17 heavy (non-hydrogen) atoms. The van der Waals surface area contributed by atoms with Gasteiger partial charge in [0.05, 0.1) is 5.02 Å². The monoisotopic (exact) mass is 268 g/mol. The van der Waals surface area contributed by atoms with Gasteiger partial charge in [-0.25, -0.2) is 0 Å². The summed E-state index contributed by atoms with van der Waals surface area (Å²) in [5.41, 5.74) is 11.7. The first kappa shape index (κ1) is 14.1. The second-order valence-electron chi connectivity index (χ2n) is 3.42. The fourth-order valence-corrected chi connectivity index (χ4v) is 1.53. The van der Waals surface area contributed by atoms with Crippen molar-refractivity contribution in [2.75, 3.05) is 6.54 Å². The third-order valence-electron chi connectivity index (χ3n) is 2.09. The van der Waals surface area contributed by atoms with Crippen molar-refractivity contribution in [3.8, 4) is 5.75 Å². The Morgan fingerprint density at radius 2 is 2.00 bits per heavy atom. The van der Waals surface area contributed by atoms with E-state index < -0.39 is 12.1 Å². The topological polar surface area (TPSA) is 61.3 Å². The van der Waals surface area contributed by atoms with Crippen molar-refractivity contribution in [3.63, 3.8) is 0 Å². The predicted octanol–water partition coefficient (Wildman–Crippen LogP) is 2.59. The second kappa shape index (κ2) is 5.57. The van der Waals surface area contributed by atoms with E-state index in [1.54, 1.807) is 0 Å². The first-order valence-corrected chi connectivity index (χ1v) is 5.22. The van der Waals surface area contributed by atoms with Crippen LogP contribution >= 0.6 is 11.6 Å². The molecule has 0 unspecified atom stereocenters. The van der Waals surface area contributed by atoms with Crippen LogP contribution in [0.25, 0.3) is 0 Å². The second-order valence-corrected chi connectivity index (χ2v) is 3.83. The quantitative estimate of drug-likeness (QED) is 0.882. The van der Waals surface area contributed by atoms with E-state index in [0.717, 1.165) is 6.07 Å². The molecule has 0 saturated carbocycles. The third kappa shape index (κ3) is 4.41. The van der Waals surface area contributed by atoms with Crippen molar-refractivity contribution in [1.29, 1.82) is 0 Å². The lowest BCUT2D eigenvalue weighted by atomic mass is 10.0. The highest BCUT2D eigenvalue weighted by Crippen LogP contribution is 2.32. The summed E-state index contributed by atoms with van der Waals surface area (Å²) in [4.78, 5) is 0. The smallest absolute Gasteiger partial charge is 0.404 e.